The molecule has 172 valence electrons. The van der Waals surface area contributed by atoms with Gasteiger partial charge in [-0.05, 0) is 29.6 Å². The van der Waals surface area contributed by atoms with E-state index in [1.807, 2.05) is 24.3 Å². The van der Waals surface area contributed by atoms with Crippen LogP contribution < -0.4 is 10.6 Å². The molecular formula is C25H28N4O4. The number of benzene rings is 2. The van der Waals surface area contributed by atoms with E-state index in [2.05, 4.69) is 10.2 Å². The molecule has 2 fully saturated rings. The summed E-state index contributed by atoms with van der Waals surface area (Å²) in [6.45, 7) is 1.13. The Kier molecular flexibility index (Phi) is 4.19. The monoisotopic (exact) mass is 455 g/mol. The number of ether oxygens (including phenoxy) is 1. The fourth-order valence-corrected chi connectivity index (χ4v) is 4.02. The van der Waals surface area contributed by atoms with Gasteiger partial charge in [-0.3, -0.25) is 24.6 Å². The van der Waals surface area contributed by atoms with Crippen LogP contribution in [0.3, 0.4) is 0 Å². The lowest BCUT2D eigenvalue weighted by Gasteiger charge is -2.29. The normalized spacial score (nSPS) is 31.1. The number of hydrogen-bond donors (Lipinski definition) is 2. The Labute approximate surface area is 202 Å². The summed E-state index contributed by atoms with van der Waals surface area (Å²) in [6.07, 6.45) is -6.99. The maximum atomic E-state index is 13.5. The standard InChI is InChI=1S/C25H28N4O4/c30-23-8-7-22(24(31)27-23)29-16-20-19(25(29)32)5-2-6-21(20)26-14-17-3-1-4-18(13-17)15-28-9-11-33-12-10-28/h1-6,13,22,26H,7-12,14-16H2,(H,27,30,31)/i7D2,8D2,16D2,22D. The summed E-state index contributed by atoms with van der Waals surface area (Å²) in [4.78, 5) is 40.8. The first-order chi connectivity index (χ1) is 18.7. The Bertz CT molecular complexity index is 1380. The lowest BCUT2D eigenvalue weighted by molar-refractivity contribution is -0.136. The number of fused-ring (bicyclic) bond motifs is 1. The van der Waals surface area contributed by atoms with E-state index in [9.17, 15) is 14.4 Å². The quantitative estimate of drug-likeness (QED) is 0.647. The van der Waals surface area contributed by atoms with Crippen LogP contribution in [0.4, 0.5) is 5.69 Å². The molecule has 3 aliphatic heterocycles. The van der Waals surface area contributed by atoms with Crippen LogP contribution in [0.1, 0.15) is 49.4 Å². The lowest BCUT2D eigenvalue weighted by Crippen LogP contribution is -2.52. The molecular weight excluding hydrogens is 420 g/mol. The molecule has 1 atom stereocenters. The number of piperidine rings is 1. The molecule has 2 aromatic rings. The number of morpholine rings is 1. The molecule has 5 rings (SSSR count). The van der Waals surface area contributed by atoms with Crippen molar-refractivity contribution in [2.75, 3.05) is 31.6 Å². The summed E-state index contributed by atoms with van der Waals surface area (Å²) >= 11 is 0. The van der Waals surface area contributed by atoms with Crippen molar-refractivity contribution in [2.45, 2.75) is 38.4 Å². The molecule has 0 aliphatic carbocycles. The Morgan fingerprint density at radius 2 is 1.91 bits per heavy atom. The van der Waals surface area contributed by atoms with Gasteiger partial charge >= 0.3 is 0 Å². The van der Waals surface area contributed by atoms with Crippen LogP contribution in [-0.4, -0.2) is 59.8 Å². The summed E-state index contributed by atoms with van der Waals surface area (Å²) < 4.78 is 64.1. The van der Waals surface area contributed by atoms with Crippen LogP contribution in [0, 0.1) is 0 Å². The second kappa shape index (κ2) is 9.33. The van der Waals surface area contributed by atoms with E-state index in [0.29, 0.717) is 13.2 Å². The number of amides is 3. The van der Waals surface area contributed by atoms with Gasteiger partial charge in [-0.2, -0.15) is 0 Å². The van der Waals surface area contributed by atoms with Gasteiger partial charge in [-0.25, -0.2) is 0 Å². The van der Waals surface area contributed by atoms with Crippen LogP contribution in [0.5, 0.6) is 0 Å². The average Bonchev–Trinajstić information content (AvgIpc) is 3.12. The summed E-state index contributed by atoms with van der Waals surface area (Å²) in [7, 11) is 0. The summed E-state index contributed by atoms with van der Waals surface area (Å²) in [6, 6.07) is 8.70. The van der Waals surface area contributed by atoms with Crippen molar-refractivity contribution in [3.8, 4) is 0 Å². The molecule has 8 nitrogen and oxygen atoms in total. The first kappa shape index (κ1) is 14.8. The Hall–Kier alpha value is -3.23. The molecule has 3 amide bonds. The van der Waals surface area contributed by atoms with Crippen molar-refractivity contribution in [1.82, 2.24) is 15.1 Å². The highest BCUT2D eigenvalue weighted by Gasteiger charge is 2.39. The molecule has 0 bridgehead atoms. The zero-order valence-electron chi connectivity index (χ0n) is 24.8. The summed E-state index contributed by atoms with van der Waals surface area (Å²) in [5, 5.41) is 4.73. The van der Waals surface area contributed by atoms with Crippen LogP contribution in [0.15, 0.2) is 42.5 Å². The topological polar surface area (TPSA) is 91.0 Å². The fourth-order valence-electron chi connectivity index (χ4n) is 4.02. The maximum Gasteiger partial charge on any atom is 0.255 e. The molecule has 33 heavy (non-hydrogen) atoms. The van der Waals surface area contributed by atoms with Crippen molar-refractivity contribution in [3.63, 3.8) is 0 Å². The van der Waals surface area contributed by atoms with Gasteiger partial charge < -0.3 is 15.0 Å². The van der Waals surface area contributed by atoms with E-state index >= 15 is 0 Å². The van der Waals surface area contributed by atoms with Gasteiger partial charge in [0.1, 0.15) is 6.02 Å². The maximum absolute atomic E-state index is 13.5. The number of hydrogen-bond acceptors (Lipinski definition) is 6. The second-order valence-electron chi connectivity index (χ2n) is 7.92. The van der Waals surface area contributed by atoms with Crippen LogP contribution in [-0.2, 0) is 33.9 Å². The minimum atomic E-state index is -3.58. The number of carbonyl (C=O) groups excluding carboxylic acids is 3. The van der Waals surface area contributed by atoms with Crippen molar-refractivity contribution in [2.24, 2.45) is 0 Å². The van der Waals surface area contributed by atoms with Crippen molar-refractivity contribution in [1.29, 1.82) is 0 Å². The van der Waals surface area contributed by atoms with E-state index in [0.717, 1.165) is 30.8 Å². The zero-order chi connectivity index (χ0) is 29.1. The van der Waals surface area contributed by atoms with Gasteiger partial charge in [0.15, 0.2) is 0 Å². The van der Waals surface area contributed by atoms with Crippen molar-refractivity contribution < 1.29 is 28.7 Å². The Morgan fingerprint density at radius 3 is 2.76 bits per heavy atom. The molecule has 1 unspecified atom stereocenters. The summed E-state index contributed by atoms with van der Waals surface area (Å²) in [5.74, 6) is -4.40. The van der Waals surface area contributed by atoms with E-state index in [1.54, 1.807) is 5.32 Å². The average molecular weight is 456 g/mol. The Morgan fingerprint density at radius 1 is 1.12 bits per heavy atom. The van der Waals surface area contributed by atoms with E-state index in [4.69, 9.17) is 14.3 Å². The highest BCUT2D eigenvalue weighted by atomic mass is 16.5. The first-order valence-corrected chi connectivity index (χ1v) is 10.7. The number of imide groups is 1. The third kappa shape index (κ3) is 4.62. The van der Waals surface area contributed by atoms with Crippen molar-refractivity contribution in [3.05, 3.63) is 64.7 Å². The molecule has 3 heterocycles. The molecule has 3 aliphatic rings. The molecule has 0 saturated carbocycles. The van der Waals surface area contributed by atoms with Crippen LogP contribution in [0.25, 0.3) is 0 Å². The minimum Gasteiger partial charge on any atom is -0.381 e. The highest BCUT2D eigenvalue weighted by molar-refractivity contribution is 6.06. The van der Waals surface area contributed by atoms with Gasteiger partial charge in [-0.15, -0.1) is 0 Å². The molecule has 8 heteroatoms. The number of anilines is 1. The highest BCUT2D eigenvalue weighted by Crippen LogP contribution is 2.32. The number of nitrogens with zero attached hydrogens (tertiary/aromatic N) is 2. The number of rotatable bonds is 6. The van der Waals surface area contributed by atoms with Gasteiger partial charge in [0, 0.05) is 61.3 Å². The predicted octanol–water partition coefficient (Wildman–Crippen LogP) is 1.89. The first-order valence-electron chi connectivity index (χ1n) is 14.2. The summed E-state index contributed by atoms with van der Waals surface area (Å²) in [5.41, 5.74) is 1.75. The third-order valence-corrected chi connectivity index (χ3v) is 5.67. The Balaban J connectivity index is 1.44. The second-order valence-corrected chi connectivity index (χ2v) is 7.92. The van der Waals surface area contributed by atoms with Crippen LogP contribution >= 0.6 is 0 Å². The number of carbonyl (C=O) groups is 3. The van der Waals surface area contributed by atoms with Crippen molar-refractivity contribution >= 4 is 23.4 Å². The molecule has 0 aromatic heterocycles. The molecule has 2 N–H and O–H groups in total. The molecule has 0 radical (unpaired) electrons. The van der Waals surface area contributed by atoms with Crippen LogP contribution in [0.2, 0.25) is 0 Å². The van der Waals surface area contributed by atoms with Gasteiger partial charge in [0.25, 0.3) is 5.91 Å². The minimum absolute atomic E-state index is 0.0956. The number of nitrogens with one attached hydrogen (secondary N) is 2. The van der Waals surface area contributed by atoms with Gasteiger partial charge in [0.2, 0.25) is 11.8 Å². The fraction of sp³-hybridized carbons (Fsp3) is 0.400. The molecule has 2 saturated heterocycles. The molecule has 2 aromatic carbocycles. The smallest absolute Gasteiger partial charge is 0.255 e. The SMILES string of the molecule is [2H]C1([2H])c2c(NCc3cccc(CN4CCOCC4)c3)cccc2C(=O)N1C1([2H])C(=O)NC(=O)C([2H])([2H])C1([2H])[2H]. The van der Waals surface area contributed by atoms with Gasteiger partial charge in [-0.1, -0.05) is 30.3 Å². The van der Waals surface area contributed by atoms with Gasteiger partial charge in [0.05, 0.1) is 17.3 Å². The van der Waals surface area contributed by atoms with E-state index < -0.39 is 43.0 Å². The largest absolute Gasteiger partial charge is 0.381 e. The predicted molar refractivity (Wildman–Crippen MR) is 122 cm³/mol. The lowest BCUT2D eigenvalue weighted by atomic mass is 10.0. The third-order valence-electron chi connectivity index (χ3n) is 5.67. The van der Waals surface area contributed by atoms with E-state index in [-0.39, 0.29) is 28.3 Å². The van der Waals surface area contributed by atoms with E-state index in [1.165, 1.54) is 18.2 Å². The molecule has 0 spiro atoms. The zero-order valence-corrected chi connectivity index (χ0v) is 17.8.